The SMILES string of the molecule is COc1cc(C[C@@H](CCBr)[C@H](CCCCBr)Cc2cc(OC)c(OC)c(OC)c2)cc(OC)c1OC.COc1cc(C[C@H](CCBr)[C@@H](CCCCBr)Cc2cc(OC)c(OC)c(OC)c2)cc(OC)c1OC. The second kappa shape index (κ2) is 34.8. The van der Waals surface area contributed by atoms with Crippen molar-refractivity contribution < 1.29 is 56.8 Å². The summed E-state index contributed by atoms with van der Waals surface area (Å²) in [4.78, 5) is 0. The van der Waals surface area contributed by atoms with Crippen molar-refractivity contribution in [2.45, 2.75) is 77.0 Å². The van der Waals surface area contributed by atoms with Crippen LogP contribution < -0.4 is 56.8 Å². The van der Waals surface area contributed by atoms with Gasteiger partial charge in [0.1, 0.15) is 0 Å². The number of benzene rings is 4. The van der Waals surface area contributed by atoms with Gasteiger partial charge in [0.25, 0.3) is 0 Å². The van der Waals surface area contributed by atoms with Crippen LogP contribution in [0.2, 0.25) is 0 Å². The second-order valence-electron chi connectivity index (χ2n) is 17.3. The molecular weight excluding hydrogens is 1180 g/mol. The molecule has 404 valence electrons. The number of rotatable bonds is 34. The molecule has 16 heteroatoms. The van der Waals surface area contributed by atoms with Crippen molar-refractivity contribution in [2.75, 3.05) is 107 Å². The highest BCUT2D eigenvalue weighted by atomic mass is 79.9. The van der Waals surface area contributed by atoms with Gasteiger partial charge in [-0.15, -0.1) is 0 Å². The second-order valence-corrected chi connectivity index (χ2v) is 20.5. The van der Waals surface area contributed by atoms with Gasteiger partial charge >= 0.3 is 0 Å². The van der Waals surface area contributed by atoms with E-state index in [0.717, 1.165) is 98.4 Å². The van der Waals surface area contributed by atoms with Gasteiger partial charge in [-0.1, -0.05) is 76.6 Å². The Labute approximate surface area is 464 Å². The van der Waals surface area contributed by atoms with Crippen molar-refractivity contribution >= 4 is 63.7 Å². The summed E-state index contributed by atoms with van der Waals surface area (Å²) in [5, 5.41) is 3.90. The van der Waals surface area contributed by atoms with Gasteiger partial charge in [0.2, 0.25) is 23.0 Å². The van der Waals surface area contributed by atoms with Gasteiger partial charge in [-0.3, -0.25) is 0 Å². The lowest BCUT2D eigenvalue weighted by Gasteiger charge is -2.28. The normalized spacial score (nSPS) is 12.6. The predicted octanol–water partition coefficient (Wildman–Crippen LogP) is 14.2. The lowest BCUT2D eigenvalue weighted by Crippen LogP contribution is -2.21. The third-order valence-corrected chi connectivity index (χ3v) is 15.1. The molecule has 12 nitrogen and oxygen atoms in total. The van der Waals surface area contributed by atoms with Crippen LogP contribution >= 0.6 is 63.7 Å². The van der Waals surface area contributed by atoms with Crippen LogP contribution in [0.15, 0.2) is 48.5 Å². The predicted molar refractivity (Wildman–Crippen MR) is 305 cm³/mol. The lowest BCUT2D eigenvalue weighted by molar-refractivity contribution is 0.290. The van der Waals surface area contributed by atoms with Crippen LogP contribution in [0, 0.1) is 23.7 Å². The molecule has 0 aliphatic rings. The van der Waals surface area contributed by atoms with E-state index in [-0.39, 0.29) is 0 Å². The van der Waals surface area contributed by atoms with Gasteiger partial charge in [0, 0.05) is 21.3 Å². The smallest absolute Gasteiger partial charge is 0.203 e. The van der Waals surface area contributed by atoms with Crippen LogP contribution in [0.25, 0.3) is 0 Å². The van der Waals surface area contributed by atoms with Crippen LogP contribution in [0.5, 0.6) is 69.0 Å². The zero-order chi connectivity index (χ0) is 53.0. The third-order valence-electron chi connectivity index (χ3n) is 13.1. The van der Waals surface area contributed by atoms with E-state index in [1.165, 1.54) is 22.3 Å². The molecule has 0 amide bonds. The quantitative estimate of drug-likeness (QED) is 0.0328. The third kappa shape index (κ3) is 18.4. The molecule has 0 heterocycles. The zero-order valence-electron chi connectivity index (χ0n) is 44.7. The summed E-state index contributed by atoms with van der Waals surface area (Å²) in [6, 6.07) is 16.6. The van der Waals surface area contributed by atoms with Crippen LogP contribution in [0.4, 0.5) is 0 Å². The molecule has 0 unspecified atom stereocenters. The van der Waals surface area contributed by atoms with E-state index in [1.807, 2.05) is 0 Å². The Morgan fingerprint density at radius 1 is 0.264 bits per heavy atom. The van der Waals surface area contributed by atoms with Gasteiger partial charge in [-0.2, -0.15) is 0 Å². The molecule has 0 saturated heterocycles. The van der Waals surface area contributed by atoms with Gasteiger partial charge in [0.05, 0.1) is 85.3 Å². The Bertz CT molecular complexity index is 1920. The number of ether oxygens (including phenoxy) is 12. The number of unbranched alkanes of at least 4 members (excludes halogenated alkanes) is 2. The molecule has 4 atom stereocenters. The minimum Gasteiger partial charge on any atom is -0.493 e. The Balaban J connectivity index is 0.000000380. The Morgan fingerprint density at radius 2 is 0.458 bits per heavy atom. The first-order valence-corrected chi connectivity index (χ1v) is 28.9. The molecule has 4 aromatic carbocycles. The Morgan fingerprint density at radius 3 is 0.611 bits per heavy atom. The summed E-state index contributed by atoms with van der Waals surface area (Å²) in [6.07, 6.45) is 12.6. The van der Waals surface area contributed by atoms with Crippen LogP contribution in [0.1, 0.15) is 73.6 Å². The van der Waals surface area contributed by atoms with E-state index in [9.17, 15) is 0 Å². The summed E-state index contributed by atoms with van der Waals surface area (Å²) in [5.74, 6) is 9.78. The highest BCUT2D eigenvalue weighted by Crippen LogP contribution is 2.44. The Kier molecular flexibility index (Phi) is 30.3. The van der Waals surface area contributed by atoms with Crippen LogP contribution in [-0.4, -0.2) is 107 Å². The largest absolute Gasteiger partial charge is 0.493 e. The standard InChI is InChI=1S/2C28H40Br2O6/c2*1-31-23-15-19(16-24(32-2)27(23)35-5)13-21(9-7-8-11-29)22(10-12-30)14-20-17-25(33-3)28(36-6)26(18-20)34-4/h2*15-18,21-22H,7-14H2,1-6H3/t2*21-,22-/m10/s1. The molecular formula is C56H80Br4O12. The van der Waals surface area contributed by atoms with Gasteiger partial charge < -0.3 is 56.8 Å². The molecule has 72 heavy (non-hydrogen) atoms. The molecule has 0 aliphatic heterocycles. The molecule has 0 bridgehead atoms. The first kappa shape index (κ1) is 62.7. The molecule has 0 N–H and O–H groups in total. The van der Waals surface area contributed by atoms with Crippen molar-refractivity contribution in [2.24, 2.45) is 23.7 Å². The molecule has 4 rings (SSSR count). The summed E-state index contributed by atoms with van der Waals surface area (Å²) in [6.45, 7) is 0. The van der Waals surface area contributed by atoms with Gasteiger partial charge in [-0.05, 0) is 159 Å². The van der Waals surface area contributed by atoms with Crippen molar-refractivity contribution in [1.29, 1.82) is 0 Å². The van der Waals surface area contributed by atoms with Gasteiger partial charge in [0.15, 0.2) is 46.0 Å². The number of alkyl halides is 4. The van der Waals surface area contributed by atoms with E-state index in [4.69, 9.17) is 56.8 Å². The molecule has 0 aromatic heterocycles. The highest BCUT2D eigenvalue weighted by Gasteiger charge is 2.27. The monoisotopic (exact) mass is 1260 g/mol. The van der Waals surface area contributed by atoms with E-state index in [2.05, 4.69) is 112 Å². The molecule has 0 fully saturated rings. The zero-order valence-corrected chi connectivity index (χ0v) is 51.0. The van der Waals surface area contributed by atoms with Crippen molar-refractivity contribution in [3.63, 3.8) is 0 Å². The fourth-order valence-corrected chi connectivity index (χ4v) is 11.5. The van der Waals surface area contributed by atoms with Crippen molar-refractivity contribution in [3.05, 3.63) is 70.8 Å². The van der Waals surface area contributed by atoms with Crippen LogP contribution in [0.3, 0.4) is 0 Å². The van der Waals surface area contributed by atoms with E-state index in [1.54, 1.807) is 85.3 Å². The summed E-state index contributed by atoms with van der Waals surface area (Å²) in [7, 11) is 19.8. The number of methoxy groups -OCH3 is 12. The Hall–Kier alpha value is -3.60. The fraction of sp³-hybridized carbons (Fsp3) is 0.571. The molecule has 0 spiro atoms. The molecule has 0 saturated carbocycles. The number of hydrogen-bond donors (Lipinski definition) is 0. The highest BCUT2D eigenvalue weighted by molar-refractivity contribution is 9.09. The summed E-state index contributed by atoms with van der Waals surface area (Å²) < 4.78 is 67.0. The number of hydrogen-bond acceptors (Lipinski definition) is 12. The van der Waals surface area contributed by atoms with Crippen molar-refractivity contribution in [1.82, 2.24) is 0 Å². The minimum absolute atomic E-state index is 0.446. The topological polar surface area (TPSA) is 111 Å². The number of halogens is 4. The minimum atomic E-state index is 0.446. The first-order chi connectivity index (χ1) is 35.0. The molecule has 0 radical (unpaired) electrons. The van der Waals surface area contributed by atoms with Crippen LogP contribution in [-0.2, 0) is 25.7 Å². The van der Waals surface area contributed by atoms with E-state index >= 15 is 0 Å². The summed E-state index contributed by atoms with van der Waals surface area (Å²) in [5.41, 5.74) is 4.70. The average Bonchev–Trinajstić information content (AvgIpc) is 3.40. The average molecular weight is 1260 g/mol. The summed E-state index contributed by atoms with van der Waals surface area (Å²) >= 11 is 14.6. The van der Waals surface area contributed by atoms with Crippen molar-refractivity contribution in [3.8, 4) is 69.0 Å². The first-order valence-electron chi connectivity index (χ1n) is 24.4. The fourth-order valence-electron chi connectivity index (χ4n) is 9.52. The maximum absolute atomic E-state index is 5.62. The maximum Gasteiger partial charge on any atom is 0.203 e. The van der Waals surface area contributed by atoms with Gasteiger partial charge in [-0.25, -0.2) is 0 Å². The maximum atomic E-state index is 5.62. The van der Waals surface area contributed by atoms with E-state index in [0.29, 0.717) is 92.7 Å². The molecule has 4 aromatic rings. The lowest BCUT2D eigenvalue weighted by atomic mass is 9.78. The van der Waals surface area contributed by atoms with E-state index < -0.39 is 0 Å². The molecule has 0 aliphatic carbocycles.